The molecule has 1 amide bonds. The first-order valence-electron chi connectivity index (χ1n) is 9.48. The number of benzene rings is 2. The molecule has 1 N–H and O–H groups in total. The number of halogens is 1. The molecule has 0 aliphatic heterocycles. The lowest BCUT2D eigenvalue weighted by atomic mass is 10.2. The second-order valence-corrected chi connectivity index (χ2v) is 7.07. The lowest BCUT2D eigenvalue weighted by Crippen LogP contribution is -2.14. The van der Waals surface area contributed by atoms with Gasteiger partial charge >= 0.3 is 0 Å². The number of aromatic nitrogens is 4. The quantitative estimate of drug-likeness (QED) is 0.449. The Hall–Kier alpha value is -3.78. The summed E-state index contributed by atoms with van der Waals surface area (Å²) >= 11 is 6.19. The van der Waals surface area contributed by atoms with Crippen molar-refractivity contribution in [2.24, 2.45) is 0 Å². The fourth-order valence-corrected chi connectivity index (χ4v) is 3.07. The molecule has 2 aromatic heterocycles. The molecule has 9 heteroatoms. The number of amides is 1. The molecule has 0 bridgehead atoms. The number of carbonyl (C=O) groups is 1. The number of carbonyl (C=O) groups excluding carboxylic acids is 1. The summed E-state index contributed by atoms with van der Waals surface area (Å²) in [6.45, 7) is 0.683. The number of nitrogens with zero attached hydrogens (tertiary/aromatic N) is 4. The van der Waals surface area contributed by atoms with Crippen LogP contribution in [0.3, 0.4) is 0 Å². The number of rotatable bonds is 8. The Morgan fingerprint density at radius 1 is 1.06 bits per heavy atom. The first kappa shape index (κ1) is 20.5. The zero-order chi connectivity index (χ0) is 21.6. The van der Waals surface area contributed by atoms with Crippen molar-refractivity contribution < 1.29 is 14.3 Å². The van der Waals surface area contributed by atoms with Crippen molar-refractivity contribution in [3.63, 3.8) is 0 Å². The van der Waals surface area contributed by atoms with Gasteiger partial charge in [-0.15, -0.1) is 0 Å². The highest BCUT2D eigenvalue weighted by molar-refractivity contribution is 6.31. The van der Waals surface area contributed by atoms with Crippen molar-refractivity contribution in [2.75, 3.05) is 12.4 Å². The molecule has 31 heavy (non-hydrogen) atoms. The van der Waals surface area contributed by atoms with Gasteiger partial charge in [-0.05, 0) is 42.0 Å². The van der Waals surface area contributed by atoms with E-state index in [-0.39, 0.29) is 18.3 Å². The number of hydrogen-bond acceptors (Lipinski definition) is 5. The standard InChI is InChI=1S/C22H20ClN5O3/c1-30-18-6-8-19(9-7-18)31-15-27-11-10-21(26-27)22(29)25-17-12-24-28(14-17)13-16-4-2-3-5-20(16)23/h2-12,14H,13,15H2,1H3,(H,25,29). The minimum Gasteiger partial charge on any atom is -0.497 e. The fraction of sp³-hybridized carbons (Fsp3) is 0.136. The predicted octanol–water partition coefficient (Wildman–Crippen LogP) is 4.08. The average Bonchev–Trinajstić information content (AvgIpc) is 3.44. The highest BCUT2D eigenvalue weighted by Crippen LogP contribution is 2.18. The molecular formula is C22H20ClN5O3. The van der Waals surface area contributed by atoms with Crippen LogP contribution in [0.5, 0.6) is 11.5 Å². The van der Waals surface area contributed by atoms with Gasteiger partial charge in [-0.25, -0.2) is 4.68 Å². The zero-order valence-electron chi connectivity index (χ0n) is 16.7. The molecule has 0 saturated carbocycles. The maximum Gasteiger partial charge on any atom is 0.276 e. The first-order valence-corrected chi connectivity index (χ1v) is 9.86. The van der Waals surface area contributed by atoms with Crippen LogP contribution in [0, 0.1) is 0 Å². The van der Waals surface area contributed by atoms with Crippen LogP contribution in [-0.4, -0.2) is 32.6 Å². The summed E-state index contributed by atoms with van der Waals surface area (Å²) in [5.41, 5.74) is 1.79. The van der Waals surface area contributed by atoms with Gasteiger partial charge in [0.1, 0.15) is 11.5 Å². The van der Waals surface area contributed by atoms with Gasteiger partial charge in [0.05, 0.1) is 25.5 Å². The van der Waals surface area contributed by atoms with Gasteiger partial charge in [0.2, 0.25) is 0 Å². The topological polar surface area (TPSA) is 83.2 Å². The van der Waals surface area contributed by atoms with Gasteiger partial charge in [0, 0.05) is 17.4 Å². The van der Waals surface area contributed by atoms with Crippen molar-refractivity contribution in [1.29, 1.82) is 0 Å². The molecule has 4 rings (SSSR count). The summed E-state index contributed by atoms with van der Waals surface area (Å²) in [5.74, 6) is 1.09. The number of hydrogen-bond donors (Lipinski definition) is 1. The van der Waals surface area contributed by atoms with Crippen molar-refractivity contribution in [3.8, 4) is 11.5 Å². The van der Waals surface area contributed by atoms with Crippen molar-refractivity contribution in [1.82, 2.24) is 19.6 Å². The van der Waals surface area contributed by atoms with E-state index in [2.05, 4.69) is 15.5 Å². The summed E-state index contributed by atoms with van der Waals surface area (Å²) in [5, 5.41) is 12.0. The summed E-state index contributed by atoms with van der Waals surface area (Å²) in [7, 11) is 1.61. The largest absolute Gasteiger partial charge is 0.497 e. The Bertz CT molecular complexity index is 1170. The van der Waals surface area contributed by atoms with E-state index in [0.717, 1.165) is 11.3 Å². The van der Waals surface area contributed by atoms with E-state index in [1.807, 2.05) is 36.4 Å². The third-order valence-electron chi connectivity index (χ3n) is 4.48. The Balaban J connectivity index is 1.32. The van der Waals surface area contributed by atoms with Crippen LogP contribution in [0.2, 0.25) is 5.02 Å². The molecule has 0 unspecified atom stereocenters. The van der Waals surface area contributed by atoms with E-state index in [0.29, 0.717) is 23.0 Å². The molecule has 0 atom stereocenters. The van der Waals surface area contributed by atoms with E-state index < -0.39 is 0 Å². The van der Waals surface area contributed by atoms with E-state index in [1.54, 1.807) is 53.3 Å². The molecule has 0 fully saturated rings. The average molecular weight is 438 g/mol. The molecule has 0 saturated heterocycles. The monoisotopic (exact) mass is 437 g/mol. The molecule has 0 spiro atoms. The van der Waals surface area contributed by atoms with Gasteiger partial charge in [-0.1, -0.05) is 29.8 Å². The minimum atomic E-state index is -0.333. The number of nitrogens with one attached hydrogen (secondary N) is 1. The van der Waals surface area contributed by atoms with Crippen molar-refractivity contribution >= 4 is 23.2 Å². The highest BCUT2D eigenvalue weighted by atomic mass is 35.5. The molecule has 0 aliphatic carbocycles. The third kappa shape index (κ3) is 5.23. The zero-order valence-corrected chi connectivity index (χ0v) is 17.5. The number of methoxy groups -OCH3 is 1. The second kappa shape index (κ2) is 9.36. The molecule has 2 aromatic carbocycles. The predicted molar refractivity (Wildman–Crippen MR) is 117 cm³/mol. The van der Waals surface area contributed by atoms with E-state index >= 15 is 0 Å². The van der Waals surface area contributed by atoms with Crippen LogP contribution in [0.4, 0.5) is 5.69 Å². The van der Waals surface area contributed by atoms with Gasteiger partial charge in [0.15, 0.2) is 12.4 Å². The minimum absolute atomic E-state index is 0.176. The smallest absolute Gasteiger partial charge is 0.276 e. The van der Waals surface area contributed by atoms with Gasteiger partial charge < -0.3 is 14.8 Å². The molecule has 8 nitrogen and oxygen atoms in total. The van der Waals surface area contributed by atoms with Gasteiger partial charge in [-0.3, -0.25) is 9.48 Å². The summed E-state index contributed by atoms with van der Waals surface area (Å²) in [6, 6.07) is 16.4. The highest BCUT2D eigenvalue weighted by Gasteiger charge is 2.12. The van der Waals surface area contributed by atoms with Crippen molar-refractivity contribution in [3.05, 3.63) is 89.5 Å². The SMILES string of the molecule is COc1ccc(OCn2ccc(C(=O)Nc3cnn(Cc4ccccc4Cl)c3)n2)cc1. The molecule has 0 radical (unpaired) electrons. The third-order valence-corrected chi connectivity index (χ3v) is 4.85. The van der Waals surface area contributed by atoms with Crippen LogP contribution in [0.1, 0.15) is 16.1 Å². The Kier molecular flexibility index (Phi) is 6.18. The lowest BCUT2D eigenvalue weighted by Gasteiger charge is -2.07. The molecule has 0 aliphatic rings. The number of ether oxygens (including phenoxy) is 2. The van der Waals surface area contributed by atoms with E-state index in [9.17, 15) is 4.79 Å². The first-order chi connectivity index (χ1) is 15.1. The summed E-state index contributed by atoms with van der Waals surface area (Å²) in [4.78, 5) is 12.5. The Labute approximate surface area is 184 Å². The van der Waals surface area contributed by atoms with Gasteiger partial charge in [-0.2, -0.15) is 10.2 Å². The summed E-state index contributed by atoms with van der Waals surface area (Å²) in [6.07, 6.45) is 5.00. The van der Waals surface area contributed by atoms with Gasteiger partial charge in [0.25, 0.3) is 5.91 Å². The Morgan fingerprint density at radius 2 is 1.84 bits per heavy atom. The van der Waals surface area contributed by atoms with Crippen LogP contribution in [-0.2, 0) is 13.3 Å². The molecule has 2 heterocycles. The fourth-order valence-electron chi connectivity index (χ4n) is 2.88. The lowest BCUT2D eigenvalue weighted by molar-refractivity contribution is 0.102. The van der Waals surface area contributed by atoms with Crippen LogP contribution < -0.4 is 14.8 Å². The molecular weight excluding hydrogens is 418 g/mol. The van der Waals surface area contributed by atoms with Crippen LogP contribution in [0.25, 0.3) is 0 Å². The number of anilines is 1. The van der Waals surface area contributed by atoms with Crippen molar-refractivity contribution in [2.45, 2.75) is 13.3 Å². The molecule has 158 valence electrons. The van der Waals surface area contributed by atoms with Crippen LogP contribution in [0.15, 0.2) is 73.2 Å². The maximum absolute atomic E-state index is 12.5. The normalized spacial score (nSPS) is 10.6. The van der Waals surface area contributed by atoms with E-state index in [4.69, 9.17) is 21.1 Å². The Morgan fingerprint density at radius 3 is 2.61 bits per heavy atom. The second-order valence-electron chi connectivity index (χ2n) is 6.66. The maximum atomic E-state index is 12.5. The summed E-state index contributed by atoms with van der Waals surface area (Å²) < 4.78 is 14.0. The molecule has 4 aromatic rings. The van der Waals surface area contributed by atoms with Crippen LogP contribution >= 0.6 is 11.6 Å². The van der Waals surface area contributed by atoms with E-state index in [1.165, 1.54) is 0 Å².